The van der Waals surface area contributed by atoms with E-state index in [1.807, 2.05) is 0 Å². The van der Waals surface area contributed by atoms with Gasteiger partial charge in [-0.1, -0.05) is 19.3 Å². The molecule has 33 heavy (non-hydrogen) atoms. The van der Waals surface area contributed by atoms with Crippen molar-refractivity contribution in [2.24, 2.45) is 5.92 Å². The van der Waals surface area contributed by atoms with Gasteiger partial charge < -0.3 is 9.15 Å². The van der Waals surface area contributed by atoms with Gasteiger partial charge in [0.15, 0.2) is 5.78 Å². The summed E-state index contributed by atoms with van der Waals surface area (Å²) < 4.78 is 39.2. The molecule has 1 aromatic heterocycles. The van der Waals surface area contributed by atoms with E-state index in [1.165, 1.54) is 26.2 Å². The van der Waals surface area contributed by atoms with Crippen LogP contribution < -0.4 is 9.04 Å². The smallest absolute Gasteiger partial charge is 0.270 e. The molecule has 7 nitrogen and oxygen atoms in total. The maximum Gasteiger partial charge on any atom is 0.270 e. The normalized spacial score (nSPS) is 14.9. The first-order chi connectivity index (χ1) is 15.7. The number of aryl methyl sites for hydroxylation is 1. The van der Waals surface area contributed by atoms with Crippen LogP contribution >= 0.6 is 0 Å². The van der Waals surface area contributed by atoms with Crippen molar-refractivity contribution in [3.63, 3.8) is 0 Å². The Morgan fingerprint density at radius 1 is 1.03 bits per heavy atom. The number of anilines is 1. The summed E-state index contributed by atoms with van der Waals surface area (Å²) in [5, 5.41) is 0.490. The van der Waals surface area contributed by atoms with Crippen LogP contribution in [0.1, 0.15) is 55.1 Å². The van der Waals surface area contributed by atoms with Crippen molar-refractivity contribution in [1.29, 1.82) is 0 Å². The Balaban J connectivity index is 1.87. The summed E-state index contributed by atoms with van der Waals surface area (Å²) in [7, 11) is -2.71. The highest BCUT2D eigenvalue weighted by Gasteiger charge is 2.36. The zero-order valence-corrected chi connectivity index (χ0v) is 19.8. The van der Waals surface area contributed by atoms with E-state index in [0.717, 1.165) is 23.6 Å². The summed E-state index contributed by atoms with van der Waals surface area (Å²) in [6.07, 6.45) is 4.12. The molecule has 0 N–H and O–H groups in total. The molecule has 3 aromatic rings. The fourth-order valence-electron chi connectivity index (χ4n) is 4.52. The molecule has 0 saturated heterocycles. The number of ether oxygens (including phenoxy) is 1. The Morgan fingerprint density at radius 3 is 2.30 bits per heavy atom. The van der Waals surface area contributed by atoms with Gasteiger partial charge in [-0.05, 0) is 69.2 Å². The van der Waals surface area contributed by atoms with Gasteiger partial charge in [-0.25, -0.2) is 12.7 Å². The first-order valence-corrected chi connectivity index (χ1v) is 12.5. The summed E-state index contributed by atoms with van der Waals surface area (Å²) in [4.78, 5) is 25.8. The van der Waals surface area contributed by atoms with E-state index in [0.29, 0.717) is 40.9 Å². The number of amides is 1. The molecule has 0 aliphatic heterocycles. The van der Waals surface area contributed by atoms with Crippen LogP contribution in [0.15, 0.2) is 51.8 Å². The van der Waals surface area contributed by atoms with Crippen molar-refractivity contribution >= 4 is 38.4 Å². The summed E-state index contributed by atoms with van der Waals surface area (Å²) in [6, 6.07) is 10.7. The number of carbonyl (C=O) groups is 2. The lowest BCUT2D eigenvalue weighted by Crippen LogP contribution is -2.41. The third-order valence-electron chi connectivity index (χ3n) is 6.19. The van der Waals surface area contributed by atoms with Gasteiger partial charge in [-0.2, -0.15) is 0 Å². The van der Waals surface area contributed by atoms with Gasteiger partial charge in [0.2, 0.25) is 5.91 Å². The minimum absolute atomic E-state index is 0.0114. The third kappa shape index (κ3) is 4.27. The predicted octanol–water partition coefficient (Wildman–Crippen LogP) is 5.25. The number of hydrogen-bond donors (Lipinski definition) is 0. The Morgan fingerprint density at radius 2 is 1.70 bits per heavy atom. The number of nitrogens with zero attached hydrogens (tertiary/aromatic N) is 1. The lowest BCUT2D eigenvalue weighted by atomic mass is 9.88. The molecular formula is C25H27NO6S. The van der Waals surface area contributed by atoms with Gasteiger partial charge in [0.05, 0.1) is 23.3 Å². The second-order valence-corrected chi connectivity index (χ2v) is 10.2. The molecule has 4 rings (SSSR count). The minimum Gasteiger partial charge on any atom is -0.497 e. The number of Topliss-reactive ketones (excluding diaryl/α,β-unsaturated/α-hetero) is 1. The number of carbonyl (C=O) groups excluding carboxylic acids is 2. The van der Waals surface area contributed by atoms with Crippen molar-refractivity contribution < 1.29 is 27.2 Å². The molecule has 1 amide bonds. The van der Waals surface area contributed by atoms with Gasteiger partial charge in [0, 0.05) is 11.3 Å². The van der Waals surface area contributed by atoms with Crippen LogP contribution in [0, 0.1) is 12.8 Å². The first kappa shape index (κ1) is 23.0. The number of hydrogen-bond acceptors (Lipinski definition) is 6. The van der Waals surface area contributed by atoms with Gasteiger partial charge in [-0.15, -0.1) is 0 Å². The quantitative estimate of drug-likeness (QED) is 0.458. The maximum absolute atomic E-state index is 13.8. The van der Waals surface area contributed by atoms with E-state index in [-0.39, 0.29) is 22.3 Å². The molecule has 1 fully saturated rings. The average molecular weight is 470 g/mol. The number of ketones is 1. The maximum atomic E-state index is 13.8. The predicted molar refractivity (Wildman–Crippen MR) is 125 cm³/mol. The van der Waals surface area contributed by atoms with Crippen molar-refractivity contribution in [2.75, 3.05) is 11.4 Å². The fraction of sp³-hybridized carbons (Fsp3) is 0.360. The third-order valence-corrected chi connectivity index (χ3v) is 7.93. The van der Waals surface area contributed by atoms with Crippen molar-refractivity contribution in [3.8, 4) is 5.75 Å². The lowest BCUT2D eigenvalue weighted by molar-refractivity contribution is -0.122. The van der Waals surface area contributed by atoms with Crippen molar-refractivity contribution in [1.82, 2.24) is 0 Å². The van der Waals surface area contributed by atoms with Crippen LogP contribution in [0.5, 0.6) is 5.75 Å². The summed E-state index contributed by atoms with van der Waals surface area (Å²) in [6.45, 7) is 3.12. The number of benzene rings is 2. The second-order valence-electron chi connectivity index (χ2n) is 8.39. The Hall–Kier alpha value is -3.13. The largest absolute Gasteiger partial charge is 0.497 e. The fourth-order valence-corrected chi connectivity index (χ4v) is 5.99. The molecule has 1 heterocycles. The Labute approximate surface area is 193 Å². The zero-order chi connectivity index (χ0) is 23.8. The van der Waals surface area contributed by atoms with E-state index >= 15 is 0 Å². The Bertz CT molecular complexity index is 1300. The average Bonchev–Trinajstić information content (AvgIpc) is 3.14. The molecule has 1 aliphatic carbocycles. The van der Waals surface area contributed by atoms with Crippen molar-refractivity contribution in [2.45, 2.75) is 50.8 Å². The van der Waals surface area contributed by atoms with Crippen LogP contribution in [0.2, 0.25) is 0 Å². The number of methoxy groups -OCH3 is 1. The monoisotopic (exact) mass is 469 g/mol. The number of rotatable bonds is 6. The van der Waals surface area contributed by atoms with Crippen LogP contribution in [-0.4, -0.2) is 27.2 Å². The first-order valence-electron chi connectivity index (χ1n) is 11.0. The molecule has 8 heteroatoms. The molecule has 0 radical (unpaired) electrons. The molecule has 2 aromatic carbocycles. The van der Waals surface area contributed by atoms with Gasteiger partial charge >= 0.3 is 0 Å². The number of sulfonamides is 1. The molecule has 0 bridgehead atoms. The number of fused-ring (bicyclic) bond motifs is 1. The molecule has 0 spiro atoms. The highest BCUT2D eigenvalue weighted by molar-refractivity contribution is 7.93. The van der Waals surface area contributed by atoms with Gasteiger partial charge in [0.1, 0.15) is 17.1 Å². The van der Waals surface area contributed by atoms with E-state index in [2.05, 4.69) is 0 Å². The molecule has 1 saturated carbocycles. The summed E-state index contributed by atoms with van der Waals surface area (Å²) in [5.41, 5.74) is 1.05. The van der Waals surface area contributed by atoms with Crippen LogP contribution in [0.3, 0.4) is 0 Å². The van der Waals surface area contributed by atoms with Gasteiger partial charge in [0.25, 0.3) is 10.0 Å². The van der Waals surface area contributed by atoms with Gasteiger partial charge in [-0.3, -0.25) is 9.59 Å². The van der Waals surface area contributed by atoms with E-state index in [4.69, 9.17) is 9.15 Å². The SMILES string of the molecule is COc1ccc(S(=O)(=O)N(C(=O)C2CCCCC2)c2ccc3oc(C)c(C(C)=O)c3c2)cc1. The Kier molecular flexibility index (Phi) is 6.30. The van der Waals surface area contributed by atoms with Crippen molar-refractivity contribution in [3.05, 3.63) is 53.8 Å². The van der Waals surface area contributed by atoms with E-state index < -0.39 is 15.9 Å². The number of furan rings is 1. The van der Waals surface area contributed by atoms with Crippen LogP contribution in [0.4, 0.5) is 5.69 Å². The molecular weight excluding hydrogens is 442 g/mol. The summed E-state index contributed by atoms with van der Waals surface area (Å²) >= 11 is 0. The summed E-state index contributed by atoms with van der Waals surface area (Å²) in [5.74, 6) is -0.0415. The molecule has 174 valence electrons. The van der Waals surface area contributed by atoms with E-state index in [1.54, 1.807) is 37.3 Å². The minimum atomic E-state index is -4.21. The van der Waals surface area contributed by atoms with Crippen LogP contribution in [0.25, 0.3) is 11.0 Å². The molecule has 1 aliphatic rings. The van der Waals surface area contributed by atoms with E-state index in [9.17, 15) is 18.0 Å². The topological polar surface area (TPSA) is 93.9 Å². The zero-order valence-electron chi connectivity index (χ0n) is 19.0. The van der Waals surface area contributed by atoms with Crippen LogP contribution in [-0.2, 0) is 14.8 Å². The molecule has 0 unspecified atom stereocenters. The second kappa shape index (κ2) is 9.02. The standard InChI is InChI=1S/C25H27NO6S/c1-16(27)24-17(2)32-23-14-9-19(15-22(23)24)26(25(28)18-7-5-4-6-8-18)33(29,30)21-12-10-20(31-3)11-13-21/h9-15,18H,4-8H2,1-3H3. The highest BCUT2D eigenvalue weighted by Crippen LogP contribution is 2.35. The highest BCUT2D eigenvalue weighted by atomic mass is 32.2. The molecule has 0 atom stereocenters. The lowest BCUT2D eigenvalue weighted by Gasteiger charge is -2.29.